The van der Waals surface area contributed by atoms with Crippen molar-refractivity contribution in [1.82, 2.24) is 4.90 Å². The first-order valence-corrected chi connectivity index (χ1v) is 10.2. The number of halogens is 5. The van der Waals surface area contributed by atoms with Crippen LogP contribution in [0.4, 0.5) is 33.3 Å². The van der Waals surface area contributed by atoms with Crippen molar-refractivity contribution in [3.05, 3.63) is 58.9 Å². The van der Waals surface area contributed by atoms with E-state index in [1.807, 2.05) is 10.2 Å². The summed E-state index contributed by atoms with van der Waals surface area (Å²) in [6.07, 6.45) is 1.76. The highest BCUT2D eigenvalue weighted by molar-refractivity contribution is 6.11. The summed E-state index contributed by atoms with van der Waals surface area (Å²) in [5.41, 5.74) is -1.62. The number of benzene rings is 2. The number of hydrogen-bond donors (Lipinski definition) is 1. The molecule has 3 atom stereocenters. The molecule has 0 saturated carbocycles. The van der Waals surface area contributed by atoms with Gasteiger partial charge in [0.25, 0.3) is 5.91 Å². The number of anilines is 2. The van der Waals surface area contributed by atoms with E-state index in [4.69, 9.17) is 0 Å². The topological polar surface area (TPSA) is 52.7 Å². The highest BCUT2D eigenvalue weighted by atomic mass is 19.2. The second-order valence-electron chi connectivity index (χ2n) is 8.36. The Kier molecular flexibility index (Phi) is 4.56. The first-order valence-electron chi connectivity index (χ1n) is 10.2. The fraction of sp³-hybridized carbons (Fsp3) is 0.364. The van der Waals surface area contributed by atoms with Crippen LogP contribution in [0.25, 0.3) is 0 Å². The largest absolute Gasteiger partial charge is 0.321 e. The molecule has 3 aliphatic rings. The monoisotopic (exact) mass is 451 g/mol. The van der Waals surface area contributed by atoms with E-state index in [1.54, 1.807) is 31.3 Å². The summed E-state index contributed by atoms with van der Waals surface area (Å²) in [5.74, 6) is -13.3. The van der Waals surface area contributed by atoms with Crippen LogP contribution in [0.5, 0.6) is 0 Å². The average molecular weight is 451 g/mol. The van der Waals surface area contributed by atoms with Gasteiger partial charge in [-0.3, -0.25) is 14.5 Å². The minimum absolute atomic E-state index is 0.120. The van der Waals surface area contributed by atoms with Gasteiger partial charge in [0.05, 0.1) is 5.92 Å². The maximum Gasteiger partial charge on any atom is 0.252 e. The molecule has 32 heavy (non-hydrogen) atoms. The summed E-state index contributed by atoms with van der Waals surface area (Å²) in [5, 5.41) is 1.90. The molecule has 3 heterocycles. The Labute approximate surface area is 179 Å². The summed E-state index contributed by atoms with van der Waals surface area (Å²) < 4.78 is 69.1. The van der Waals surface area contributed by atoms with Crippen LogP contribution in [0.1, 0.15) is 24.8 Å². The number of amides is 2. The lowest BCUT2D eigenvalue weighted by Gasteiger charge is -2.37. The van der Waals surface area contributed by atoms with Crippen molar-refractivity contribution in [2.45, 2.75) is 30.8 Å². The van der Waals surface area contributed by atoms with Gasteiger partial charge in [-0.2, -0.15) is 0 Å². The van der Waals surface area contributed by atoms with Gasteiger partial charge in [-0.25, -0.2) is 22.0 Å². The zero-order chi connectivity index (χ0) is 22.9. The number of nitrogens with one attached hydrogen (secondary N) is 1. The lowest BCUT2D eigenvalue weighted by Crippen LogP contribution is -2.55. The normalized spacial score (nSPS) is 26.7. The fourth-order valence-corrected chi connectivity index (χ4v) is 5.59. The van der Waals surface area contributed by atoms with Gasteiger partial charge >= 0.3 is 0 Å². The zero-order valence-corrected chi connectivity index (χ0v) is 16.9. The van der Waals surface area contributed by atoms with Crippen molar-refractivity contribution in [3.63, 3.8) is 0 Å². The lowest BCUT2D eigenvalue weighted by molar-refractivity contribution is -0.136. The molecule has 3 unspecified atom stereocenters. The Bertz CT molecular complexity index is 1140. The van der Waals surface area contributed by atoms with E-state index < -0.39 is 52.1 Å². The molecular weight excluding hydrogens is 433 g/mol. The van der Waals surface area contributed by atoms with Crippen molar-refractivity contribution in [3.8, 4) is 0 Å². The molecule has 1 N–H and O–H groups in total. The fourth-order valence-electron chi connectivity index (χ4n) is 5.59. The van der Waals surface area contributed by atoms with Crippen LogP contribution in [0, 0.1) is 35.0 Å². The number of carbonyl (C=O) groups is 2. The summed E-state index contributed by atoms with van der Waals surface area (Å²) in [6, 6.07) is 6.84. The minimum atomic E-state index is -2.31. The maximum atomic E-state index is 14.2. The molecule has 2 amide bonds. The van der Waals surface area contributed by atoms with Crippen molar-refractivity contribution in [2.24, 2.45) is 5.92 Å². The van der Waals surface area contributed by atoms with Gasteiger partial charge in [0.1, 0.15) is 11.2 Å². The predicted molar refractivity (Wildman–Crippen MR) is 104 cm³/mol. The highest BCUT2D eigenvalue weighted by Gasteiger charge is 2.66. The van der Waals surface area contributed by atoms with Crippen molar-refractivity contribution < 1.29 is 31.5 Å². The maximum absolute atomic E-state index is 14.2. The number of para-hydroxylation sites is 1. The molecule has 0 aromatic heterocycles. The van der Waals surface area contributed by atoms with Gasteiger partial charge in [-0.05, 0) is 31.9 Å². The molecular formula is C22H18F5N3O2. The van der Waals surface area contributed by atoms with Gasteiger partial charge < -0.3 is 10.2 Å². The average Bonchev–Trinajstić information content (AvgIpc) is 3.44. The van der Waals surface area contributed by atoms with E-state index >= 15 is 0 Å². The van der Waals surface area contributed by atoms with Gasteiger partial charge in [0.15, 0.2) is 23.3 Å². The third-order valence-corrected chi connectivity index (χ3v) is 6.92. The van der Waals surface area contributed by atoms with E-state index in [9.17, 15) is 31.5 Å². The molecule has 2 aromatic rings. The van der Waals surface area contributed by atoms with Gasteiger partial charge in [-0.15, -0.1) is 0 Å². The predicted octanol–water partition coefficient (Wildman–Crippen LogP) is 3.68. The van der Waals surface area contributed by atoms with Crippen LogP contribution in [-0.2, 0) is 15.1 Å². The Morgan fingerprint density at radius 3 is 2.34 bits per heavy atom. The standard InChI is InChI=1S/C22H18F5N3O2/c1-29-13-7-3-2-6-11(13)22(21(29)32)12(9-10-5-4-8-30(10)22)20(31)28-19-17(26)15(24)14(23)16(25)18(19)27/h2-3,6-7,10,12H,4-5,8-9H2,1H3,(H,28,31). The molecule has 2 aromatic carbocycles. The summed E-state index contributed by atoms with van der Waals surface area (Å²) in [7, 11) is 1.58. The van der Waals surface area contributed by atoms with E-state index in [2.05, 4.69) is 0 Å². The van der Waals surface area contributed by atoms with Crippen molar-refractivity contribution in [2.75, 3.05) is 23.8 Å². The zero-order valence-electron chi connectivity index (χ0n) is 16.9. The summed E-state index contributed by atoms with van der Waals surface area (Å²) >= 11 is 0. The van der Waals surface area contributed by atoms with Crippen LogP contribution >= 0.6 is 0 Å². The SMILES string of the molecule is CN1C(=O)C2(c3ccccc31)C(C(=O)Nc1c(F)c(F)c(F)c(F)c1F)CC1CCCN12. The molecule has 2 saturated heterocycles. The second-order valence-corrected chi connectivity index (χ2v) is 8.36. The molecule has 0 radical (unpaired) electrons. The first-order chi connectivity index (χ1) is 15.2. The van der Waals surface area contributed by atoms with E-state index in [0.717, 1.165) is 12.8 Å². The van der Waals surface area contributed by atoms with Crippen LogP contribution in [0.15, 0.2) is 24.3 Å². The molecule has 5 nitrogen and oxygen atoms in total. The third-order valence-electron chi connectivity index (χ3n) is 6.92. The Balaban J connectivity index is 1.62. The molecule has 5 rings (SSSR count). The Morgan fingerprint density at radius 2 is 1.66 bits per heavy atom. The number of nitrogens with zero attached hydrogens (tertiary/aromatic N) is 2. The van der Waals surface area contributed by atoms with E-state index in [-0.39, 0.29) is 18.4 Å². The van der Waals surface area contributed by atoms with Gasteiger partial charge in [-0.1, -0.05) is 18.2 Å². The van der Waals surface area contributed by atoms with Crippen LogP contribution < -0.4 is 10.2 Å². The second kappa shape index (κ2) is 6.99. The van der Waals surface area contributed by atoms with E-state index in [0.29, 0.717) is 17.8 Å². The van der Waals surface area contributed by atoms with Crippen LogP contribution in [0.2, 0.25) is 0 Å². The number of fused-ring (bicyclic) bond motifs is 4. The lowest BCUT2D eigenvalue weighted by atomic mass is 9.78. The molecule has 1 spiro atoms. The molecule has 3 aliphatic heterocycles. The van der Waals surface area contributed by atoms with Crippen LogP contribution in [0.3, 0.4) is 0 Å². The number of carbonyl (C=O) groups excluding carboxylic acids is 2. The molecule has 168 valence electrons. The Hall–Kier alpha value is -3.01. The van der Waals surface area contributed by atoms with Gasteiger partial charge in [0.2, 0.25) is 11.7 Å². The van der Waals surface area contributed by atoms with E-state index in [1.165, 1.54) is 4.90 Å². The summed E-state index contributed by atoms with van der Waals surface area (Å²) in [4.78, 5) is 30.3. The minimum Gasteiger partial charge on any atom is -0.321 e. The quantitative estimate of drug-likeness (QED) is 0.431. The number of hydrogen-bond acceptors (Lipinski definition) is 3. The summed E-state index contributed by atoms with van der Waals surface area (Å²) in [6.45, 7) is 0.547. The molecule has 2 fully saturated rings. The van der Waals surface area contributed by atoms with Crippen molar-refractivity contribution in [1.29, 1.82) is 0 Å². The highest BCUT2D eigenvalue weighted by Crippen LogP contribution is 2.56. The number of likely N-dealkylation sites (N-methyl/N-ethyl adjacent to an activating group) is 1. The van der Waals surface area contributed by atoms with Crippen molar-refractivity contribution >= 4 is 23.2 Å². The molecule has 0 aliphatic carbocycles. The Morgan fingerprint density at radius 1 is 1.03 bits per heavy atom. The van der Waals surface area contributed by atoms with Crippen LogP contribution in [-0.4, -0.2) is 36.3 Å². The molecule has 0 bridgehead atoms. The van der Waals surface area contributed by atoms with Gasteiger partial charge in [0, 0.05) is 24.3 Å². The smallest absolute Gasteiger partial charge is 0.252 e. The molecule has 10 heteroatoms. The first kappa shape index (κ1) is 20.9. The third kappa shape index (κ3) is 2.47. The number of rotatable bonds is 2.